The summed E-state index contributed by atoms with van der Waals surface area (Å²) in [6.07, 6.45) is 7.18. The minimum absolute atomic E-state index is 0. The van der Waals surface area contributed by atoms with Gasteiger partial charge in [-0.15, -0.1) is 23.5 Å². The summed E-state index contributed by atoms with van der Waals surface area (Å²) in [7, 11) is -21.3. The van der Waals surface area contributed by atoms with E-state index in [1.165, 1.54) is 9.79 Å². The van der Waals surface area contributed by atoms with Gasteiger partial charge in [-0.1, -0.05) is 90.1 Å². The molecule has 6 nitrogen and oxygen atoms in total. The maximum absolute atomic E-state index is 10.7. The van der Waals surface area contributed by atoms with Crippen LogP contribution >= 0.6 is 39.1 Å². The quantitative estimate of drug-likeness (QED) is 0.0645. The number of pyridine rings is 6. The SMILES string of the molecule is CC(C)(C)Sc1ccc(-c2cc(-c3ccccn3)nc(-c3ccccn3)c2)cc1.CC(C)(C)Sc1ccc(-c2cc(-c3ccccn3)nc(-c3ccccn3)c2)cc1.F[P-](F)(F)(F)(F)F.F[P-](F)(F)(F)(F)F.[Zn+2]. The van der Waals surface area contributed by atoms with E-state index in [4.69, 9.17) is 9.97 Å². The van der Waals surface area contributed by atoms with Crippen LogP contribution in [0.15, 0.2) is 180 Å². The van der Waals surface area contributed by atoms with E-state index in [2.05, 4.69) is 134 Å². The molecule has 6 aromatic heterocycles. The molecule has 0 bridgehead atoms. The normalized spacial score (nSPS) is 13.5. The Kier molecular flexibility index (Phi) is 18.1. The Morgan fingerprint density at radius 3 is 0.712 bits per heavy atom. The second kappa shape index (κ2) is 21.9. The molecule has 0 fully saturated rings. The standard InChI is InChI=1S/2C25H23N3S.2F6P.Zn/c2*1-25(2,3)29-20-12-10-18(11-13-20)19-16-23(21-8-4-6-14-26-21)28-24(17-19)22-9-5-7-15-27-22;2*1-7(2,3,4,5)6;/h2*4-17H,1-3H3;;;/q;;2*-1;+2. The van der Waals surface area contributed by atoms with Crippen molar-refractivity contribution in [3.05, 3.63) is 170 Å². The Balaban J connectivity index is 0.000000249. The molecule has 0 N–H and O–H groups in total. The molecule has 0 saturated carbocycles. The summed E-state index contributed by atoms with van der Waals surface area (Å²) >= 11 is 3.74. The van der Waals surface area contributed by atoms with Crippen molar-refractivity contribution in [1.82, 2.24) is 29.9 Å². The van der Waals surface area contributed by atoms with E-state index in [0.717, 1.165) is 67.8 Å². The fourth-order valence-electron chi connectivity index (χ4n) is 6.11. The zero-order chi connectivity index (χ0) is 53.4. The fraction of sp³-hybridized carbons (Fsp3) is 0.160. The van der Waals surface area contributed by atoms with Crippen LogP contribution in [-0.2, 0) is 19.5 Å². The molecule has 0 aliphatic rings. The van der Waals surface area contributed by atoms with Crippen molar-refractivity contribution >= 4 is 39.1 Å². The first-order valence-electron chi connectivity index (χ1n) is 21.3. The van der Waals surface area contributed by atoms with Gasteiger partial charge >= 0.3 is 85.5 Å². The molecular weight excluding hydrogens is 1100 g/mol. The number of nitrogens with zero attached hydrogens (tertiary/aromatic N) is 6. The van der Waals surface area contributed by atoms with Crippen molar-refractivity contribution in [2.75, 3.05) is 0 Å². The minimum Gasteiger partial charge on any atom is 2.00 e. The van der Waals surface area contributed by atoms with E-state index in [0.29, 0.717) is 0 Å². The molecule has 384 valence electrons. The number of aromatic nitrogens is 6. The molecular formula is C50H46F12N6P2S2Zn. The minimum atomic E-state index is -10.7. The molecule has 0 amide bonds. The largest absolute Gasteiger partial charge is 2.00 e. The summed E-state index contributed by atoms with van der Waals surface area (Å²) in [6, 6.07) is 49.4. The van der Waals surface area contributed by atoms with Crippen LogP contribution in [0.3, 0.4) is 0 Å². The van der Waals surface area contributed by atoms with Crippen molar-refractivity contribution < 1.29 is 69.8 Å². The smallest absolute Gasteiger partial charge is 2.00 e. The second-order valence-corrected chi connectivity index (χ2v) is 25.1. The van der Waals surface area contributed by atoms with Gasteiger partial charge in [0.15, 0.2) is 0 Å². The molecule has 0 aliphatic heterocycles. The maximum atomic E-state index is 9.87. The van der Waals surface area contributed by atoms with E-state index >= 15 is 0 Å². The molecule has 0 aliphatic carbocycles. The van der Waals surface area contributed by atoms with E-state index in [-0.39, 0.29) is 29.0 Å². The molecule has 2 aromatic carbocycles. The van der Waals surface area contributed by atoms with Gasteiger partial charge in [-0.2, -0.15) is 0 Å². The van der Waals surface area contributed by atoms with Crippen LogP contribution in [0.4, 0.5) is 50.4 Å². The average Bonchev–Trinajstić information content (AvgIpc) is 3.27. The van der Waals surface area contributed by atoms with Crippen LogP contribution in [0.1, 0.15) is 41.5 Å². The first-order chi connectivity index (χ1) is 32.9. The van der Waals surface area contributed by atoms with Gasteiger partial charge in [0.25, 0.3) is 0 Å². The Labute approximate surface area is 435 Å². The molecule has 6 heterocycles. The Bertz CT molecular complexity index is 2700. The predicted octanol–water partition coefficient (Wildman–Crippen LogP) is 20.3. The average molecular weight is 1150 g/mol. The molecule has 0 spiro atoms. The van der Waals surface area contributed by atoms with Crippen LogP contribution < -0.4 is 0 Å². The van der Waals surface area contributed by atoms with Crippen LogP contribution in [0.5, 0.6) is 0 Å². The number of thioether (sulfide) groups is 2. The molecule has 8 rings (SSSR count). The molecule has 73 heavy (non-hydrogen) atoms. The zero-order valence-electron chi connectivity index (χ0n) is 39.8. The first-order valence-corrected chi connectivity index (χ1v) is 27.0. The molecule has 0 saturated heterocycles. The van der Waals surface area contributed by atoms with Gasteiger partial charge in [0, 0.05) is 44.1 Å². The van der Waals surface area contributed by atoms with Crippen molar-refractivity contribution in [3.63, 3.8) is 0 Å². The predicted molar refractivity (Wildman–Crippen MR) is 271 cm³/mol. The molecule has 0 unspecified atom stereocenters. The van der Waals surface area contributed by atoms with Crippen LogP contribution in [0, 0.1) is 0 Å². The van der Waals surface area contributed by atoms with E-state index in [1.54, 1.807) is 24.8 Å². The third kappa shape index (κ3) is 25.5. The summed E-state index contributed by atoms with van der Waals surface area (Å²) < 4.78 is 119. The van der Waals surface area contributed by atoms with Crippen molar-refractivity contribution in [2.45, 2.75) is 60.8 Å². The van der Waals surface area contributed by atoms with E-state index in [9.17, 15) is 50.4 Å². The molecule has 23 heteroatoms. The summed E-state index contributed by atoms with van der Waals surface area (Å²) in [5, 5.41) is 0. The molecule has 0 atom stereocenters. The Hall–Kier alpha value is -5.32. The molecule has 0 radical (unpaired) electrons. The number of rotatable bonds is 8. The van der Waals surface area contributed by atoms with Gasteiger partial charge in [-0.25, -0.2) is 9.97 Å². The van der Waals surface area contributed by atoms with E-state index < -0.39 is 15.6 Å². The fourth-order valence-corrected chi connectivity index (χ4v) is 8.07. The number of benzene rings is 2. The van der Waals surface area contributed by atoms with Crippen molar-refractivity contribution in [2.24, 2.45) is 0 Å². The van der Waals surface area contributed by atoms with Crippen LogP contribution in [0.25, 0.3) is 67.8 Å². The second-order valence-electron chi connectivity index (χ2n) is 17.5. The summed E-state index contributed by atoms with van der Waals surface area (Å²) in [5.41, 5.74) is 11.3. The number of hydrogen-bond donors (Lipinski definition) is 0. The maximum Gasteiger partial charge on any atom is 2.00 e. The number of halogens is 12. The first kappa shape index (κ1) is 60.2. The van der Waals surface area contributed by atoms with E-state index in [1.807, 2.05) is 96.3 Å². The van der Waals surface area contributed by atoms with Gasteiger partial charge in [0.1, 0.15) is 0 Å². The topological polar surface area (TPSA) is 77.3 Å². The monoisotopic (exact) mass is 1150 g/mol. The van der Waals surface area contributed by atoms with Gasteiger partial charge in [0.2, 0.25) is 0 Å². The third-order valence-electron chi connectivity index (χ3n) is 8.58. The third-order valence-corrected chi connectivity index (χ3v) is 10.8. The van der Waals surface area contributed by atoms with Crippen LogP contribution in [-0.4, -0.2) is 39.4 Å². The van der Waals surface area contributed by atoms with Crippen LogP contribution in [0.2, 0.25) is 0 Å². The van der Waals surface area contributed by atoms with Gasteiger partial charge in [-0.3, -0.25) is 19.9 Å². The zero-order valence-corrected chi connectivity index (χ0v) is 46.2. The summed E-state index contributed by atoms with van der Waals surface area (Å²) in [4.78, 5) is 30.2. The molecule has 8 aromatic rings. The van der Waals surface area contributed by atoms with Crippen molar-refractivity contribution in [3.8, 4) is 67.8 Å². The van der Waals surface area contributed by atoms with Gasteiger partial charge in [0.05, 0.1) is 45.6 Å². The van der Waals surface area contributed by atoms with Gasteiger partial charge < -0.3 is 0 Å². The van der Waals surface area contributed by atoms with Crippen molar-refractivity contribution in [1.29, 1.82) is 0 Å². The Morgan fingerprint density at radius 2 is 0.534 bits per heavy atom. The van der Waals surface area contributed by atoms with Gasteiger partial charge in [-0.05, 0) is 119 Å². The summed E-state index contributed by atoms with van der Waals surface area (Å²) in [6.45, 7) is 13.4. The Morgan fingerprint density at radius 1 is 0.315 bits per heavy atom. The summed E-state index contributed by atoms with van der Waals surface area (Å²) in [5.74, 6) is 0. The number of hydrogen-bond acceptors (Lipinski definition) is 8.